The van der Waals surface area contributed by atoms with Crippen LogP contribution in [0.5, 0.6) is 0 Å². The lowest BCUT2D eigenvalue weighted by molar-refractivity contribution is 0.247. The van der Waals surface area contributed by atoms with Gasteiger partial charge in [-0.2, -0.15) is 5.10 Å². The maximum atomic E-state index is 12.8. The summed E-state index contributed by atoms with van der Waals surface area (Å²) in [5.74, 6) is 0.455. The number of carbonyl (C=O) groups excluding carboxylic acids is 1. The van der Waals surface area contributed by atoms with E-state index in [2.05, 4.69) is 30.7 Å². The lowest BCUT2D eigenvalue weighted by Crippen LogP contribution is -2.33. The Morgan fingerprint density at radius 2 is 1.94 bits per heavy atom. The average molecular weight is 453 g/mol. The zero-order chi connectivity index (χ0) is 23.3. The molecule has 0 aliphatic rings. The second-order valence-corrected chi connectivity index (χ2v) is 7.99. The van der Waals surface area contributed by atoms with E-state index in [-0.39, 0.29) is 12.1 Å². The highest BCUT2D eigenvalue weighted by atomic mass is 16.2. The second kappa shape index (κ2) is 9.53. The first-order valence-corrected chi connectivity index (χ1v) is 11.0. The van der Waals surface area contributed by atoms with Crippen molar-refractivity contribution in [1.29, 1.82) is 0 Å². The van der Waals surface area contributed by atoms with Gasteiger partial charge in [0.2, 0.25) is 0 Å². The predicted molar refractivity (Wildman–Crippen MR) is 130 cm³/mol. The zero-order valence-corrected chi connectivity index (χ0v) is 18.7. The predicted octanol–water partition coefficient (Wildman–Crippen LogP) is 4.27. The molecule has 2 amide bonds. The third-order valence-corrected chi connectivity index (χ3v) is 5.56. The number of nitrogens with one attached hydrogen (secondary N) is 2. The maximum Gasteiger partial charge on any atom is 0.320 e. The highest BCUT2D eigenvalue weighted by molar-refractivity contribution is 5.91. The molecule has 1 atom stereocenters. The quantitative estimate of drug-likeness (QED) is 0.384. The van der Waals surface area contributed by atoms with Crippen LogP contribution in [0.4, 0.5) is 10.6 Å². The first-order chi connectivity index (χ1) is 16.7. The molecule has 4 heterocycles. The lowest BCUT2D eigenvalue weighted by Gasteiger charge is -2.20. The number of amides is 2. The van der Waals surface area contributed by atoms with Gasteiger partial charge in [0, 0.05) is 36.2 Å². The second-order valence-electron chi connectivity index (χ2n) is 7.99. The maximum absolute atomic E-state index is 12.8. The average Bonchev–Trinajstić information content (AvgIpc) is 3.52. The molecule has 4 aromatic heterocycles. The molecular formula is C25H24N8O. The van der Waals surface area contributed by atoms with E-state index in [1.165, 1.54) is 0 Å². The molecule has 0 unspecified atom stereocenters. The molecule has 2 N–H and O–H groups in total. The van der Waals surface area contributed by atoms with Gasteiger partial charge in [-0.1, -0.05) is 30.3 Å². The minimum absolute atomic E-state index is 0.162. The minimum Gasteiger partial charge on any atom is -0.337 e. The van der Waals surface area contributed by atoms with Crippen LogP contribution in [-0.2, 0) is 6.54 Å². The van der Waals surface area contributed by atoms with E-state index in [1.54, 1.807) is 31.1 Å². The van der Waals surface area contributed by atoms with Crippen molar-refractivity contribution in [3.8, 4) is 5.69 Å². The summed E-state index contributed by atoms with van der Waals surface area (Å²) in [5.41, 5.74) is 3.70. The Hall–Kier alpha value is -4.53. The molecule has 9 nitrogen and oxygen atoms in total. The molecule has 170 valence electrons. The van der Waals surface area contributed by atoms with Crippen molar-refractivity contribution in [2.24, 2.45) is 0 Å². The molecule has 34 heavy (non-hydrogen) atoms. The van der Waals surface area contributed by atoms with Crippen LogP contribution < -0.4 is 10.6 Å². The van der Waals surface area contributed by atoms with Crippen molar-refractivity contribution in [3.05, 3.63) is 97.1 Å². The van der Waals surface area contributed by atoms with Crippen molar-refractivity contribution in [2.45, 2.75) is 25.9 Å². The Kier molecular flexibility index (Phi) is 5.98. The van der Waals surface area contributed by atoms with Crippen molar-refractivity contribution < 1.29 is 4.79 Å². The number of anilines is 1. The summed E-state index contributed by atoms with van der Waals surface area (Å²) in [6, 6.07) is 15.1. The molecule has 5 rings (SSSR count). The Balaban J connectivity index is 1.30. The Labute approximate surface area is 196 Å². The number of aromatic nitrogens is 6. The summed E-state index contributed by atoms with van der Waals surface area (Å²) in [6.07, 6.45) is 11.4. The van der Waals surface area contributed by atoms with Gasteiger partial charge >= 0.3 is 6.03 Å². The number of pyridine rings is 2. The summed E-state index contributed by atoms with van der Waals surface area (Å²) in [7, 11) is 0. The van der Waals surface area contributed by atoms with E-state index in [4.69, 9.17) is 0 Å². The van der Waals surface area contributed by atoms with Crippen molar-refractivity contribution in [1.82, 2.24) is 34.6 Å². The first-order valence-electron chi connectivity index (χ1n) is 11.0. The molecule has 0 saturated heterocycles. The number of rotatable bonds is 7. The van der Waals surface area contributed by atoms with Gasteiger partial charge in [-0.25, -0.2) is 19.4 Å². The molecule has 0 spiro atoms. The van der Waals surface area contributed by atoms with Crippen LogP contribution >= 0.6 is 0 Å². The summed E-state index contributed by atoms with van der Waals surface area (Å²) in [6.45, 7) is 2.67. The molecule has 0 aliphatic carbocycles. The summed E-state index contributed by atoms with van der Waals surface area (Å²) >= 11 is 0. The fourth-order valence-corrected chi connectivity index (χ4v) is 3.88. The van der Waals surface area contributed by atoms with Gasteiger partial charge in [0.1, 0.15) is 5.82 Å². The number of imidazole rings is 1. The van der Waals surface area contributed by atoms with E-state index >= 15 is 0 Å². The largest absolute Gasteiger partial charge is 0.337 e. The Bertz CT molecular complexity index is 1400. The molecular weight excluding hydrogens is 428 g/mol. The van der Waals surface area contributed by atoms with Crippen molar-refractivity contribution in [3.63, 3.8) is 0 Å². The lowest BCUT2D eigenvalue weighted by atomic mass is 10.0. The standard InChI is InChI=1S/C25H24N8O/c1-18-13-21(7-9-27-18)33-23-16-28-24(14-20(23)15-29-33)31-25(34)30-22(19-5-3-2-4-6-19)8-11-32-12-10-26-17-32/h2-7,9-10,12-17,22H,8,11H2,1H3,(H2,28,30,31,34)/t22-/m1/s1. The number of hydrogen-bond acceptors (Lipinski definition) is 5. The first kappa shape index (κ1) is 21.3. The van der Waals surface area contributed by atoms with Gasteiger partial charge in [0.05, 0.1) is 36.0 Å². The number of fused-ring (bicyclic) bond motifs is 1. The SMILES string of the molecule is Cc1cc(-n2ncc3cc(NC(=O)N[C@H](CCn4ccnc4)c4ccccc4)ncc32)ccn1. The van der Waals surface area contributed by atoms with E-state index in [0.29, 0.717) is 5.82 Å². The van der Waals surface area contributed by atoms with Crippen LogP contribution in [0, 0.1) is 6.92 Å². The van der Waals surface area contributed by atoms with Gasteiger partial charge in [-0.15, -0.1) is 0 Å². The van der Waals surface area contributed by atoms with Crippen molar-refractivity contribution >= 4 is 22.8 Å². The van der Waals surface area contributed by atoms with Gasteiger partial charge in [0.15, 0.2) is 0 Å². The summed E-state index contributed by atoms with van der Waals surface area (Å²) in [4.78, 5) is 25.6. The van der Waals surface area contributed by atoms with Gasteiger partial charge in [0.25, 0.3) is 0 Å². The molecule has 0 bridgehead atoms. The molecule has 0 radical (unpaired) electrons. The number of benzene rings is 1. The molecule has 5 aromatic rings. The Morgan fingerprint density at radius 3 is 2.74 bits per heavy atom. The normalized spacial score (nSPS) is 11.9. The van der Waals surface area contributed by atoms with Crippen LogP contribution in [0.25, 0.3) is 16.6 Å². The van der Waals surface area contributed by atoms with E-state index < -0.39 is 0 Å². The van der Waals surface area contributed by atoms with Gasteiger partial charge < -0.3 is 9.88 Å². The third kappa shape index (κ3) is 4.78. The molecule has 0 saturated carbocycles. The van der Waals surface area contributed by atoms with Crippen LogP contribution in [-0.4, -0.2) is 35.3 Å². The van der Waals surface area contributed by atoms with Crippen LogP contribution in [0.15, 0.2) is 85.8 Å². The topological polar surface area (TPSA) is 103 Å². The summed E-state index contributed by atoms with van der Waals surface area (Å²) in [5, 5.41) is 11.3. The fraction of sp³-hybridized carbons (Fsp3) is 0.160. The van der Waals surface area contributed by atoms with Crippen molar-refractivity contribution in [2.75, 3.05) is 5.32 Å². The number of hydrogen-bond donors (Lipinski definition) is 2. The van der Waals surface area contributed by atoms with Crippen LogP contribution in [0.2, 0.25) is 0 Å². The number of aryl methyl sites for hydroxylation is 2. The Morgan fingerprint density at radius 1 is 1.06 bits per heavy atom. The van der Waals surface area contributed by atoms with Gasteiger partial charge in [-0.05, 0) is 37.1 Å². The summed E-state index contributed by atoms with van der Waals surface area (Å²) < 4.78 is 3.80. The molecule has 0 aliphatic heterocycles. The highest BCUT2D eigenvalue weighted by Crippen LogP contribution is 2.21. The van der Waals surface area contributed by atoms with E-state index in [0.717, 1.165) is 40.8 Å². The molecule has 0 fully saturated rings. The highest BCUT2D eigenvalue weighted by Gasteiger charge is 2.16. The zero-order valence-electron chi connectivity index (χ0n) is 18.7. The van der Waals surface area contributed by atoms with Crippen LogP contribution in [0.1, 0.15) is 23.7 Å². The smallest absolute Gasteiger partial charge is 0.320 e. The molecule has 1 aromatic carbocycles. The van der Waals surface area contributed by atoms with E-state index in [1.807, 2.05) is 70.9 Å². The number of urea groups is 1. The molecule has 9 heteroatoms. The van der Waals surface area contributed by atoms with E-state index in [9.17, 15) is 4.79 Å². The number of carbonyl (C=O) groups is 1. The van der Waals surface area contributed by atoms with Gasteiger partial charge in [-0.3, -0.25) is 10.3 Å². The van der Waals surface area contributed by atoms with Crippen LogP contribution in [0.3, 0.4) is 0 Å². The minimum atomic E-state index is -0.316. The number of nitrogens with zero attached hydrogens (tertiary/aromatic N) is 6. The fourth-order valence-electron chi connectivity index (χ4n) is 3.88. The third-order valence-electron chi connectivity index (χ3n) is 5.56. The monoisotopic (exact) mass is 452 g/mol.